The molecule has 1 aromatic carbocycles. The maximum absolute atomic E-state index is 11.9. The molecule has 7 heteroatoms. The molecule has 0 bridgehead atoms. The number of nitrogens with one attached hydrogen (secondary N) is 2. The number of hydrogen-bond acceptors (Lipinski definition) is 5. The molecule has 0 atom stereocenters. The molecule has 2 N–H and O–H groups in total. The minimum Gasteiger partial charge on any atom is -0.493 e. The summed E-state index contributed by atoms with van der Waals surface area (Å²) in [6.45, 7) is 8.35. The third-order valence-electron chi connectivity index (χ3n) is 3.76. The Morgan fingerprint density at radius 2 is 2.07 bits per heavy atom. The van der Waals surface area contributed by atoms with Gasteiger partial charge >= 0.3 is 0 Å². The van der Waals surface area contributed by atoms with Crippen molar-refractivity contribution in [1.29, 1.82) is 0 Å². The average Bonchev–Trinajstić information content (AvgIpc) is 3.12. The third kappa shape index (κ3) is 7.70. The number of carbonyl (C=O) groups is 1. The first-order chi connectivity index (χ1) is 12.9. The second kappa shape index (κ2) is 9.97. The summed E-state index contributed by atoms with van der Waals surface area (Å²) >= 11 is 0. The van der Waals surface area contributed by atoms with E-state index in [1.165, 1.54) is 0 Å². The first-order valence-electron chi connectivity index (χ1n) is 9.14. The van der Waals surface area contributed by atoms with Gasteiger partial charge in [0.2, 0.25) is 0 Å². The van der Waals surface area contributed by atoms with Gasteiger partial charge in [0, 0.05) is 31.0 Å². The molecule has 0 aliphatic heterocycles. The zero-order chi connectivity index (χ0) is 19.7. The van der Waals surface area contributed by atoms with Crippen molar-refractivity contribution in [2.75, 3.05) is 20.3 Å². The van der Waals surface area contributed by atoms with Crippen LogP contribution in [0.3, 0.4) is 0 Å². The van der Waals surface area contributed by atoms with E-state index < -0.39 is 0 Å². The van der Waals surface area contributed by atoms with Crippen molar-refractivity contribution in [1.82, 2.24) is 20.2 Å². The Bertz CT molecular complexity index is 709. The van der Waals surface area contributed by atoms with Gasteiger partial charge in [0.15, 0.2) is 18.1 Å². The van der Waals surface area contributed by atoms with Gasteiger partial charge in [0.1, 0.15) is 0 Å². The summed E-state index contributed by atoms with van der Waals surface area (Å²) in [6.07, 6.45) is 6.60. The Morgan fingerprint density at radius 3 is 2.74 bits per heavy atom. The number of methoxy groups -OCH3 is 1. The summed E-state index contributed by atoms with van der Waals surface area (Å²) in [4.78, 5) is 15.9. The number of imidazole rings is 1. The molecule has 0 aliphatic carbocycles. The van der Waals surface area contributed by atoms with Crippen molar-refractivity contribution in [3.8, 4) is 11.5 Å². The average molecular weight is 374 g/mol. The van der Waals surface area contributed by atoms with Gasteiger partial charge in [-0.2, -0.15) is 0 Å². The van der Waals surface area contributed by atoms with Gasteiger partial charge in [-0.15, -0.1) is 0 Å². The number of nitrogens with zero attached hydrogens (tertiary/aromatic N) is 2. The van der Waals surface area contributed by atoms with Crippen LogP contribution in [0.5, 0.6) is 11.5 Å². The van der Waals surface area contributed by atoms with Gasteiger partial charge < -0.3 is 24.7 Å². The maximum Gasteiger partial charge on any atom is 0.258 e. The van der Waals surface area contributed by atoms with Crippen molar-refractivity contribution in [2.45, 2.75) is 45.8 Å². The molecule has 7 nitrogen and oxygen atoms in total. The van der Waals surface area contributed by atoms with Crippen LogP contribution in [0.4, 0.5) is 0 Å². The molecule has 0 aliphatic rings. The molecule has 2 aromatic rings. The quantitative estimate of drug-likeness (QED) is 0.625. The highest BCUT2D eigenvalue weighted by Crippen LogP contribution is 2.28. The molecule has 2 rings (SSSR count). The third-order valence-corrected chi connectivity index (χ3v) is 3.76. The number of benzene rings is 1. The number of carbonyl (C=O) groups excluding carboxylic acids is 1. The van der Waals surface area contributed by atoms with Gasteiger partial charge in [0.25, 0.3) is 5.91 Å². The molecule has 27 heavy (non-hydrogen) atoms. The van der Waals surface area contributed by atoms with Crippen LogP contribution in [0.25, 0.3) is 0 Å². The zero-order valence-electron chi connectivity index (χ0n) is 16.6. The highest BCUT2D eigenvalue weighted by atomic mass is 16.5. The lowest BCUT2D eigenvalue weighted by Crippen LogP contribution is -2.43. The SMILES string of the molecule is COc1cc(CNCCCn2ccnc2)ccc1OCC(=O)NC(C)(C)C. The molecule has 1 aromatic heterocycles. The number of amides is 1. The van der Waals surface area contributed by atoms with E-state index in [4.69, 9.17) is 9.47 Å². The maximum atomic E-state index is 11.9. The van der Waals surface area contributed by atoms with Crippen molar-refractivity contribution in [3.63, 3.8) is 0 Å². The lowest BCUT2D eigenvalue weighted by Gasteiger charge is -2.20. The van der Waals surface area contributed by atoms with Crippen LogP contribution < -0.4 is 20.1 Å². The Morgan fingerprint density at radius 1 is 1.26 bits per heavy atom. The summed E-state index contributed by atoms with van der Waals surface area (Å²) in [5.74, 6) is 1.02. The number of aryl methyl sites for hydroxylation is 1. The van der Waals surface area contributed by atoms with E-state index in [-0.39, 0.29) is 18.1 Å². The Balaban J connectivity index is 1.77. The van der Waals surface area contributed by atoms with Crippen LogP contribution in [0, 0.1) is 0 Å². The van der Waals surface area contributed by atoms with Crippen LogP contribution in [0.15, 0.2) is 36.9 Å². The Hall–Kier alpha value is -2.54. The lowest BCUT2D eigenvalue weighted by molar-refractivity contribution is -0.124. The predicted octanol–water partition coefficient (Wildman–Crippen LogP) is 2.37. The second-order valence-electron chi connectivity index (χ2n) is 7.40. The van der Waals surface area contributed by atoms with Crippen molar-refractivity contribution in [2.24, 2.45) is 0 Å². The van der Waals surface area contributed by atoms with E-state index in [1.54, 1.807) is 13.3 Å². The fourth-order valence-corrected chi connectivity index (χ4v) is 2.58. The molecule has 1 amide bonds. The molecule has 0 unspecified atom stereocenters. The number of rotatable bonds is 10. The van der Waals surface area contributed by atoms with Crippen LogP contribution in [0.1, 0.15) is 32.8 Å². The van der Waals surface area contributed by atoms with E-state index in [2.05, 4.69) is 20.2 Å². The molecular formula is C20H30N4O3. The van der Waals surface area contributed by atoms with Crippen LogP contribution in [0.2, 0.25) is 0 Å². The molecule has 148 valence electrons. The number of aromatic nitrogens is 2. The Kier molecular flexibility index (Phi) is 7.67. The van der Waals surface area contributed by atoms with Gasteiger partial charge in [-0.05, 0) is 51.4 Å². The van der Waals surface area contributed by atoms with Crippen molar-refractivity contribution < 1.29 is 14.3 Å². The van der Waals surface area contributed by atoms with E-state index >= 15 is 0 Å². The normalized spacial score (nSPS) is 11.3. The first kappa shape index (κ1) is 20.8. The number of ether oxygens (including phenoxy) is 2. The van der Waals surface area contributed by atoms with E-state index in [0.717, 1.165) is 31.6 Å². The summed E-state index contributed by atoms with van der Waals surface area (Å²) in [5.41, 5.74) is 0.818. The van der Waals surface area contributed by atoms with Crippen LogP contribution >= 0.6 is 0 Å². The summed E-state index contributed by atoms with van der Waals surface area (Å²) in [6, 6.07) is 5.74. The molecule has 0 saturated carbocycles. The molecule has 1 heterocycles. The molecule has 0 fully saturated rings. The van der Waals surface area contributed by atoms with E-state index in [0.29, 0.717) is 11.5 Å². The fraction of sp³-hybridized carbons (Fsp3) is 0.500. The largest absolute Gasteiger partial charge is 0.493 e. The second-order valence-corrected chi connectivity index (χ2v) is 7.40. The number of hydrogen-bond donors (Lipinski definition) is 2. The standard InChI is InChI=1S/C20H30N4O3/c1-20(2,3)23-19(25)14-27-17-7-6-16(12-18(17)26-4)13-21-8-5-10-24-11-9-22-15-24/h6-7,9,11-12,15,21H,5,8,10,13-14H2,1-4H3,(H,23,25). The lowest BCUT2D eigenvalue weighted by atomic mass is 10.1. The summed E-state index contributed by atoms with van der Waals surface area (Å²) in [7, 11) is 1.60. The highest BCUT2D eigenvalue weighted by Gasteiger charge is 2.15. The zero-order valence-corrected chi connectivity index (χ0v) is 16.6. The van der Waals surface area contributed by atoms with Gasteiger partial charge in [0.05, 0.1) is 13.4 Å². The predicted molar refractivity (Wildman–Crippen MR) is 105 cm³/mol. The molecular weight excluding hydrogens is 344 g/mol. The minimum absolute atomic E-state index is 0.0422. The van der Waals surface area contributed by atoms with Crippen molar-refractivity contribution >= 4 is 5.91 Å². The molecule has 0 radical (unpaired) electrons. The van der Waals surface area contributed by atoms with E-state index in [9.17, 15) is 4.79 Å². The summed E-state index contributed by atoms with van der Waals surface area (Å²) in [5, 5.41) is 6.28. The first-order valence-corrected chi connectivity index (χ1v) is 9.14. The van der Waals surface area contributed by atoms with E-state index in [1.807, 2.05) is 51.5 Å². The van der Waals surface area contributed by atoms with Gasteiger partial charge in [-0.25, -0.2) is 4.98 Å². The van der Waals surface area contributed by atoms with Gasteiger partial charge in [-0.1, -0.05) is 6.07 Å². The van der Waals surface area contributed by atoms with Crippen LogP contribution in [-0.4, -0.2) is 41.3 Å². The summed E-state index contributed by atoms with van der Waals surface area (Å²) < 4.78 is 13.1. The topological polar surface area (TPSA) is 77.4 Å². The molecule has 0 spiro atoms. The monoisotopic (exact) mass is 374 g/mol. The van der Waals surface area contributed by atoms with Gasteiger partial charge in [-0.3, -0.25) is 4.79 Å². The molecule has 0 saturated heterocycles. The highest BCUT2D eigenvalue weighted by molar-refractivity contribution is 5.78. The van der Waals surface area contributed by atoms with Crippen LogP contribution in [-0.2, 0) is 17.9 Å². The Labute approximate surface area is 161 Å². The van der Waals surface area contributed by atoms with Crippen molar-refractivity contribution in [3.05, 3.63) is 42.5 Å². The minimum atomic E-state index is -0.280. The fourth-order valence-electron chi connectivity index (χ4n) is 2.58. The smallest absolute Gasteiger partial charge is 0.258 e.